The van der Waals surface area contributed by atoms with Crippen LogP contribution >= 0.6 is 0 Å². The molecule has 1 atom stereocenters. The van der Waals surface area contributed by atoms with Gasteiger partial charge in [-0.1, -0.05) is 6.07 Å². The minimum atomic E-state index is 0.488. The third-order valence-electron chi connectivity index (χ3n) is 4.03. The van der Waals surface area contributed by atoms with E-state index in [2.05, 4.69) is 31.2 Å². The van der Waals surface area contributed by atoms with Gasteiger partial charge in [0.15, 0.2) is 0 Å². The van der Waals surface area contributed by atoms with E-state index in [1.807, 2.05) is 25.5 Å². The van der Waals surface area contributed by atoms with Crippen molar-refractivity contribution < 1.29 is 0 Å². The summed E-state index contributed by atoms with van der Waals surface area (Å²) < 4.78 is 0. The van der Waals surface area contributed by atoms with Crippen LogP contribution < -0.4 is 5.32 Å². The van der Waals surface area contributed by atoms with Crippen LogP contribution in [0.4, 0.5) is 5.82 Å². The first-order chi connectivity index (χ1) is 10.4. The Bertz CT molecular complexity index is 572. The van der Waals surface area contributed by atoms with Crippen LogP contribution in [0, 0.1) is 0 Å². The first-order valence-electron chi connectivity index (χ1n) is 7.46. The molecule has 0 saturated carbocycles. The molecule has 0 amide bonds. The Morgan fingerprint density at radius 2 is 2.24 bits per heavy atom. The minimum absolute atomic E-state index is 0.488. The van der Waals surface area contributed by atoms with Crippen molar-refractivity contribution >= 4 is 5.82 Å². The van der Waals surface area contributed by atoms with Crippen molar-refractivity contribution in [1.82, 2.24) is 19.9 Å². The molecule has 2 aromatic heterocycles. The molecule has 110 valence electrons. The van der Waals surface area contributed by atoms with Gasteiger partial charge in [0.1, 0.15) is 5.82 Å². The predicted molar refractivity (Wildman–Crippen MR) is 83.1 cm³/mol. The van der Waals surface area contributed by atoms with Crippen molar-refractivity contribution in [3.63, 3.8) is 0 Å². The van der Waals surface area contributed by atoms with Gasteiger partial charge in [0.25, 0.3) is 0 Å². The third kappa shape index (κ3) is 3.36. The van der Waals surface area contributed by atoms with E-state index in [1.165, 1.54) is 18.4 Å². The normalized spacial score (nSPS) is 19.4. The predicted octanol–water partition coefficient (Wildman–Crippen LogP) is 2.29. The number of pyridine rings is 1. The summed E-state index contributed by atoms with van der Waals surface area (Å²) in [6.45, 7) is 3.10. The SMILES string of the molecule is CNc1ncccc1CN1CCCC(c2cnccn2)C1. The number of hydrogen-bond acceptors (Lipinski definition) is 5. The largest absolute Gasteiger partial charge is 0.373 e. The number of rotatable bonds is 4. The molecule has 2 aromatic rings. The first-order valence-corrected chi connectivity index (χ1v) is 7.46. The maximum Gasteiger partial charge on any atom is 0.130 e. The average molecular weight is 283 g/mol. The molecule has 5 nitrogen and oxygen atoms in total. The molecule has 0 bridgehead atoms. The van der Waals surface area contributed by atoms with E-state index in [9.17, 15) is 0 Å². The van der Waals surface area contributed by atoms with Crippen LogP contribution in [0.2, 0.25) is 0 Å². The van der Waals surface area contributed by atoms with Crippen molar-refractivity contribution in [2.75, 3.05) is 25.5 Å². The highest BCUT2D eigenvalue weighted by molar-refractivity contribution is 5.42. The maximum atomic E-state index is 4.46. The fourth-order valence-corrected chi connectivity index (χ4v) is 2.99. The van der Waals surface area contributed by atoms with Gasteiger partial charge < -0.3 is 5.32 Å². The monoisotopic (exact) mass is 283 g/mol. The Morgan fingerprint density at radius 1 is 1.29 bits per heavy atom. The molecule has 1 aliphatic heterocycles. The van der Waals surface area contributed by atoms with Gasteiger partial charge in [0, 0.05) is 56.4 Å². The molecule has 0 radical (unpaired) electrons. The van der Waals surface area contributed by atoms with Crippen molar-refractivity contribution in [3.8, 4) is 0 Å². The van der Waals surface area contributed by atoms with Crippen LogP contribution in [-0.4, -0.2) is 40.0 Å². The second kappa shape index (κ2) is 6.63. The molecule has 0 spiro atoms. The molecule has 3 heterocycles. The Balaban J connectivity index is 1.69. The van der Waals surface area contributed by atoms with Crippen LogP contribution in [-0.2, 0) is 6.54 Å². The van der Waals surface area contributed by atoms with Gasteiger partial charge in [-0.05, 0) is 25.5 Å². The van der Waals surface area contributed by atoms with Crippen LogP contribution in [0.3, 0.4) is 0 Å². The molecular weight excluding hydrogens is 262 g/mol. The first kappa shape index (κ1) is 13.9. The van der Waals surface area contributed by atoms with E-state index in [-0.39, 0.29) is 0 Å². The molecule has 1 saturated heterocycles. The van der Waals surface area contributed by atoms with E-state index in [1.54, 1.807) is 12.4 Å². The van der Waals surface area contributed by atoms with Crippen LogP contribution in [0.1, 0.15) is 30.0 Å². The van der Waals surface area contributed by atoms with Gasteiger partial charge in [0.2, 0.25) is 0 Å². The van der Waals surface area contributed by atoms with Crippen LogP contribution in [0.5, 0.6) is 0 Å². The molecule has 5 heteroatoms. The van der Waals surface area contributed by atoms with Crippen LogP contribution in [0.15, 0.2) is 36.9 Å². The molecule has 1 N–H and O–H groups in total. The van der Waals surface area contributed by atoms with Crippen molar-refractivity contribution in [3.05, 3.63) is 48.2 Å². The number of piperidine rings is 1. The highest BCUT2D eigenvalue weighted by Gasteiger charge is 2.23. The summed E-state index contributed by atoms with van der Waals surface area (Å²) in [5.41, 5.74) is 2.36. The summed E-state index contributed by atoms with van der Waals surface area (Å²) in [5, 5.41) is 3.17. The van der Waals surface area contributed by atoms with Gasteiger partial charge in [0.05, 0.1) is 5.69 Å². The van der Waals surface area contributed by atoms with Crippen molar-refractivity contribution in [2.45, 2.75) is 25.3 Å². The number of hydrogen-bond donors (Lipinski definition) is 1. The van der Waals surface area contributed by atoms with Gasteiger partial charge in [-0.2, -0.15) is 0 Å². The number of aromatic nitrogens is 3. The summed E-state index contributed by atoms with van der Waals surface area (Å²) in [5.74, 6) is 1.46. The molecular formula is C16H21N5. The quantitative estimate of drug-likeness (QED) is 0.933. The highest BCUT2D eigenvalue weighted by Crippen LogP contribution is 2.26. The van der Waals surface area contributed by atoms with Gasteiger partial charge in [-0.25, -0.2) is 4.98 Å². The zero-order valence-corrected chi connectivity index (χ0v) is 12.4. The molecule has 0 aromatic carbocycles. The lowest BCUT2D eigenvalue weighted by molar-refractivity contribution is 0.198. The summed E-state index contributed by atoms with van der Waals surface area (Å²) in [6, 6.07) is 4.14. The van der Waals surface area contributed by atoms with Crippen molar-refractivity contribution in [2.24, 2.45) is 0 Å². The minimum Gasteiger partial charge on any atom is -0.373 e. The second-order valence-corrected chi connectivity index (χ2v) is 5.47. The zero-order chi connectivity index (χ0) is 14.5. The number of nitrogens with zero attached hydrogens (tertiary/aromatic N) is 4. The molecule has 3 rings (SSSR count). The van der Waals surface area contributed by atoms with Gasteiger partial charge >= 0.3 is 0 Å². The fraction of sp³-hybridized carbons (Fsp3) is 0.438. The fourth-order valence-electron chi connectivity index (χ4n) is 2.99. The van der Waals surface area contributed by atoms with E-state index in [0.717, 1.165) is 31.1 Å². The van der Waals surface area contributed by atoms with E-state index in [0.29, 0.717) is 5.92 Å². The van der Waals surface area contributed by atoms with E-state index < -0.39 is 0 Å². The summed E-state index contributed by atoms with van der Waals surface area (Å²) >= 11 is 0. The Labute approximate surface area is 125 Å². The lowest BCUT2D eigenvalue weighted by atomic mass is 9.94. The summed E-state index contributed by atoms with van der Waals surface area (Å²) in [6.07, 6.45) is 9.65. The zero-order valence-electron chi connectivity index (χ0n) is 12.4. The summed E-state index contributed by atoms with van der Waals surface area (Å²) in [7, 11) is 1.92. The van der Waals surface area contributed by atoms with Gasteiger partial charge in [-0.15, -0.1) is 0 Å². The Kier molecular flexibility index (Phi) is 4.40. The third-order valence-corrected chi connectivity index (χ3v) is 4.03. The number of likely N-dealkylation sites (tertiary alicyclic amines) is 1. The molecule has 0 aliphatic carbocycles. The topological polar surface area (TPSA) is 53.9 Å². The molecule has 21 heavy (non-hydrogen) atoms. The molecule has 1 aliphatic rings. The average Bonchev–Trinajstić information content (AvgIpc) is 2.56. The smallest absolute Gasteiger partial charge is 0.130 e. The Hall–Kier alpha value is -2.01. The lowest BCUT2D eigenvalue weighted by Crippen LogP contribution is -2.34. The van der Waals surface area contributed by atoms with Gasteiger partial charge in [-0.3, -0.25) is 14.9 Å². The lowest BCUT2D eigenvalue weighted by Gasteiger charge is -2.32. The highest BCUT2D eigenvalue weighted by atomic mass is 15.1. The Morgan fingerprint density at radius 3 is 3.05 bits per heavy atom. The van der Waals surface area contributed by atoms with Crippen LogP contribution in [0.25, 0.3) is 0 Å². The second-order valence-electron chi connectivity index (χ2n) is 5.47. The summed E-state index contributed by atoms with van der Waals surface area (Å²) in [4.78, 5) is 15.5. The van der Waals surface area contributed by atoms with E-state index in [4.69, 9.17) is 0 Å². The molecule has 1 fully saturated rings. The van der Waals surface area contributed by atoms with E-state index >= 15 is 0 Å². The number of anilines is 1. The van der Waals surface area contributed by atoms with Crippen molar-refractivity contribution in [1.29, 1.82) is 0 Å². The number of nitrogens with one attached hydrogen (secondary N) is 1. The molecule has 1 unspecified atom stereocenters. The maximum absolute atomic E-state index is 4.46. The standard InChI is InChI=1S/C16H21N5/c1-17-16-14(4-2-6-20-16)12-21-9-3-5-13(11-21)15-10-18-7-8-19-15/h2,4,6-8,10,13H,3,5,9,11-12H2,1H3,(H,17,20).